The molecule has 0 unspecified atom stereocenters. The van der Waals surface area contributed by atoms with Gasteiger partial charge in [-0.05, 0) is 26.0 Å². The second-order valence-electron chi connectivity index (χ2n) is 5.45. The minimum absolute atomic E-state index is 0.0589. The van der Waals surface area contributed by atoms with E-state index in [2.05, 4.69) is 30.8 Å². The van der Waals surface area contributed by atoms with E-state index < -0.39 is 0 Å². The van der Waals surface area contributed by atoms with Crippen molar-refractivity contribution in [3.05, 3.63) is 35.4 Å². The number of benzene rings is 1. The van der Waals surface area contributed by atoms with Gasteiger partial charge in [-0.15, -0.1) is 10.2 Å². The van der Waals surface area contributed by atoms with Gasteiger partial charge in [0, 0.05) is 18.7 Å². The van der Waals surface area contributed by atoms with E-state index in [-0.39, 0.29) is 11.5 Å². The van der Waals surface area contributed by atoms with Gasteiger partial charge in [-0.25, -0.2) is 4.40 Å². The molecule has 0 radical (unpaired) electrons. The number of aromatic nitrogens is 5. The Kier molecular flexibility index (Phi) is 5.83. The van der Waals surface area contributed by atoms with Crippen molar-refractivity contribution >= 4 is 35.2 Å². The highest BCUT2D eigenvalue weighted by Gasteiger charge is 2.16. The van der Waals surface area contributed by atoms with Gasteiger partial charge in [0.2, 0.25) is 11.9 Å². The lowest BCUT2D eigenvalue weighted by Gasteiger charge is -2.09. The van der Waals surface area contributed by atoms with E-state index in [0.29, 0.717) is 47.0 Å². The Balaban J connectivity index is 1.82. The number of thioether (sulfide) groups is 1. The maximum absolute atomic E-state index is 12.4. The molecule has 138 valence electrons. The topological polar surface area (TPSA) is 121 Å². The molecular weight excluding hydrogens is 364 g/mol. The molecular formula is C17H18N8OS. The molecule has 2 heterocycles. The number of carbonyl (C=O) groups excluding carboxylic acids is 1. The SMILES string of the molecule is CCNc1nc(NCC)n2c(SCC(=O)c3ccc(C#N)cc3)nnc2n1. The van der Waals surface area contributed by atoms with Crippen molar-refractivity contribution in [1.82, 2.24) is 24.6 Å². The molecule has 0 aliphatic heterocycles. The lowest BCUT2D eigenvalue weighted by Crippen LogP contribution is -2.12. The Labute approximate surface area is 160 Å². The summed E-state index contributed by atoms with van der Waals surface area (Å²) in [6, 6.07) is 8.60. The molecule has 10 heteroatoms. The van der Waals surface area contributed by atoms with E-state index in [9.17, 15) is 4.79 Å². The van der Waals surface area contributed by atoms with E-state index in [1.807, 2.05) is 19.9 Å². The molecule has 0 amide bonds. The largest absolute Gasteiger partial charge is 0.355 e. The van der Waals surface area contributed by atoms with Gasteiger partial charge in [0.15, 0.2) is 10.9 Å². The van der Waals surface area contributed by atoms with Crippen molar-refractivity contribution in [2.45, 2.75) is 19.0 Å². The Hall–Kier alpha value is -3.19. The summed E-state index contributed by atoms with van der Waals surface area (Å²) in [5, 5.41) is 23.8. The highest BCUT2D eigenvalue weighted by molar-refractivity contribution is 7.99. The number of rotatable bonds is 8. The molecule has 3 rings (SSSR count). The van der Waals surface area contributed by atoms with Crippen LogP contribution >= 0.6 is 11.8 Å². The second kappa shape index (κ2) is 8.46. The lowest BCUT2D eigenvalue weighted by atomic mass is 10.1. The first-order valence-corrected chi connectivity index (χ1v) is 9.41. The summed E-state index contributed by atoms with van der Waals surface area (Å²) in [6.45, 7) is 5.29. The highest BCUT2D eigenvalue weighted by Crippen LogP contribution is 2.22. The number of nitriles is 1. The molecule has 0 fully saturated rings. The Morgan fingerprint density at radius 1 is 1.15 bits per heavy atom. The van der Waals surface area contributed by atoms with E-state index in [1.165, 1.54) is 11.8 Å². The zero-order valence-corrected chi connectivity index (χ0v) is 15.7. The third-order valence-corrected chi connectivity index (χ3v) is 4.51. The number of hydrogen-bond acceptors (Lipinski definition) is 9. The monoisotopic (exact) mass is 382 g/mol. The van der Waals surface area contributed by atoms with Gasteiger partial charge < -0.3 is 10.6 Å². The van der Waals surface area contributed by atoms with Crippen LogP contribution in [-0.2, 0) is 0 Å². The third-order valence-electron chi connectivity index (χ3n) is 3.58. The summed E-state index contributed by atoms with van der Waals surface area (Å²) in [6.07, 6.45) is 0. The molecule has 0 bridgehead atoms. The van der Waals surface area contributed by atoms with Crippen LogP contribution in [0.4, 0.5) is 11.9 Å². The molecule has 0 spiro atoms. The molecule has 3 aromatic rings. The first kappa shape index (κ1) is 18.6. The molecule has 0 saturated carbocycles. The fourth-order valence-electron chi connectivity index (χ4n) is 2.34. The van der Waals surface area contributed by atoms with Gasteiger partial charge in [0.1, 0.15) is 0 Å². The average molecular weight is 382 g/mol. The number of carbonyl (C=O) groups is 1. The highest BCUT2D eigenvalue weighted by atomic mass is 32.2. The number of nitrogens with zero attached hydrogens (tertiary/aromatic N) is 6. The van der Waals surface area contributed by atoms with Crippen molar-refractivity contribution in [3.63, 3.8) is 0 Å². The fraction of sp³-hybridized carbons (Fsp3) is 0.294. The maximum Gasteiger partial charge on any atom is 0.261 e. The van der Waals surface area contributed by atoms with Gasteiger partial charge in [-0.3, -0.25) is 4.79 Å². The smallest absolute Gasteiger partial charge is 0.261 e. The lowest BCUT2D eigenvalue weighted by molar-refractivity contribution is 0.102. The third kappa shape index (κ3) is 4.15. The number of ketones is 1. The number of Topliss-reactive ketones (excluding diaryl/α,β-unsaturated/α-hetero) is 1. The number of fused-ring (bicyclic) bond motifs is 1. The van der Waals surface area contributed by atoms with E-state index in [0.717, 1.165) is 0 Å². The quantitative estimate of drug-likeness (QED) is 0.446. The van der Waals surface area contributed by atoms with E-state index in [4.69, 9.17) is 5.26 Å². The van der Waals surface area contributed by atoms with Crippen LogP contribution in [0.1, 0.15) is 29.8 Å². The van der Waals surface area contributed by atoms with Crippen molar-refractivity contribution < 1.29 is 4.79 Å². The summed E-state index contributed by atoms with van der Waals surface area (Å²) < 4.78 is 1.70. The van der Waals surface area contributed by atoms with Crippen LogP contribution in [0, 0.1) is 11.3 Å². The molecule has 9 nitrogen and oxygen atoms in total. The van der Waals surface area contributed by atoms with Gasteiger partial charge in [-0.1, -0.05) is 23.9 Å². The summed E-state index contributed by atoms with van der Waals surface area (Å²) in [4.78, 5) is 21.2. The van der Waals surface area contributed by atoms with Crippen LogP contribution in [0.25, 0.3) is 5.78 Å². The van der Waals surface area contributed by atoms with Crippen molar-refractivity contribution in [2.24, 2.45) is 0 Å². The van der Waals surface area contributed by atoms with Gasteiger partial charge in [0.05, 0.1) is 17.4 Å². The summed E-state index contributed by atoms with van der Waals surface area (Å²) >= 11 is 1.26. The molecule has 1 aromatic carbocycles. The van der Waals surface area contributed by atoms with Crippen molar-refractivity contribution in [2.75, 3.05) is 29.5 Å². The minimum atomic E-state index is -0.0589. The van der Waals surface area contributed by atoms with Crippen LogP contribution in [0.3, 0.4) is 0 Å². The standard InChI is InChI=1S/C17H18N8OS/c1-3-19-14-21-15(20-4-2)25-16(22-14)23-24-17(25)27-10-13(26)12-7-5-11(9-18)6-8-12/h5-8H,3-4,10H2,1-2H3,(H2,19,20,21,22,23). The summed E-state index contributed by atoms with van der Waals surface area (Å²) in [5.74, 6) is 1.57. The van der Waals surface area contributed by atoms with Gasteiger partial charge in [-0.2, -0.15) is 15.2 Å². The first-order valence-electron chi connectivity index (χ1n) is 8.43. The van der Waals surface area contributed by atoms with Crippen LogP contribution in [0.15, 0.2) is 29.4 Å². The zero-order valence-electron chi connectivity index (χ0n) is 14.9. The molecule has 0 aliphatic rings. The summed E-state index contributed by atoms with van der Waals surface area (Å²) in [5.41, 5.74) is 1.07. The maximum atomic E-state index is 12.4. The number of nitrogens with one attached hydrogen (secondary N) is 2. The fourth-order valence-corrected chi connectivity index (χ4v) is 3.16. The first-order chi connectivity index (χ1) is 13.2. The van der Waals surface area contributed by atoms with Gasteiger partial charge in [0.25, 0.3) is 5.78 Å². The number of hydrogen-bond donors (Lipinski definition) is 2. The van der Waals surface area contributed by atoms with Crippen molar-refractivity contribution in [3.8, 4) is 6.07 Å². The normalized spacial score (nSPS) is 10.6. The van der Waals surface area contributed by atoms with Crippen LogP contribution < -0.4 is 10.6 Å². The average Bonchev–Trinajstić information content (AvgIpc) is 3.10. The van der Waals surface area contributed by atoms with Gasteiger partial charge >= 0.3 is 0 Å². The van der Waals surface area contributed by atoms with Crippen LogP contribution in [-0.4, -0.2) is 49.2 Å². The number of anilines is 2. The van der Waals surface area contributed by atoms with Crippen LogP contribution in [0.2, 0.25) is 0 Å². The molecule has 0 aliphatic carbocycles. The van der Waals surface area contributed by atoms with E-state index >= 15 is 0 Å². The molecule has 0 saturated heterocycles. The molecule has 2 N–H and O–H groups in total. The Morgan fingerprint density at radius 3 is 2.56 bits per heavy atom. The van der Waals surface area contributed by atoms with Crippen LogP contribution in [0.5, 0.6) is 0 Å². The Bertz CT molecular complexity index is 993. The predicted molar refractivity (Wildman–Crippen MR) is 103 cm³/mol. The van der Waals surface area contributed by atoms with E-state index in [1.54, 1.807) is 28.7 Å². The second-order valence-corrected chi connectivity index (χ2v) is 6.39. The zero-order chi connectivity index (χ0) is 19.2. The van der Waals surface area contributed by atoms with Crippen molar-refractivity contribution in [1.29, 1.82) is 5.26 Å². The predicted octanol–water partition coefficient (Wildman–Crippen LogP) is 2.23. The molecule has 2 aromatic heterocycles. The minimum Gasteiger partial charge on any atom is -0.355 e. The summed E-state index contributed by atoms with van der Waals surface area (Å²) in [7, 11) is 0. The molecule has 27 heavy (non-hydrogen) atoms. The Morgan fingerprint density at radius 2 is 1.89 bits per heavy atom. The molecule has 0 atom stereocenters.